The first kappa shape index (κ1) is 24.6. The Morgan fingerprint density at radius 1 is 0.788 bits per heavy atom. The zero-order chi connectivity index (χ0) is 24.3. The summed E-state index contributed by atoms with van der Waals surface area (Å²) in [5.41, 5.74) is 0. The van der Waals surface area contributed by atoms with Crippen LogP contribution in [0.1, 0.15) is 13.8 Å². The molecule has 15 heteroatoms. The van der Waals surface area contributed by atoms with E-state index < -0.39 is 84.9 Å². The van der Waals surface area contributed by atoms with E-state index in [0.717, 1.165) is 13.8 Å². The van der Waals surface area contributed by atoms with Gasteiger partial charge in [0.1, 0.15) is 48.8 Å². The standard InChI is InChI=1S/C18H26O15/c1-17(15(23)24)28-4-6-10(32-17)7(19)8(20)14(30-6)31-12-9(21)11-5(29-13(12)22)3-27-18(2,33-11)16(25)26/h5-14,19-22H,3-4H2,1-2H3,(H,23,24)(H,25,26)/t5-,6-,7-,8+,9+,10-,11-,12+,13+,14-,17?,18?/m1/s1. The second kappa shape index (κ2) is 8.62. The summed E-state index contributed by atoms with van der Waals surface area (Å²) >= 11 is 0. The van der Waals surface area contributed by atoms with E-state index in [1.165, 1.54) is 0 Å². The van der Waals surface area contributed by atoms with Crippen molar-refractivity contribution in [2.75, 3.05) is 13.2 Å². The van der Waals surface area contributed by atoms with E-state index in [1.54, 1.807) is 0 Å². The Balaban J connectivity index is 1.46. The Labute approximate surface area is 186 Å². The highest BCUT2D eigenvalue weighted by atomic mass is 16.8. The molecule has 0 bridgehead atoms. The van der Waals surface area contributed by atoms with Crippen molar-refractivity contribution in [2.45, 2.75) is 86.8 Å². The predicted molar refractivity (Wildman–Crippen MR) is 96.2 cm³/mol. The lowest BCUT2D eigenvalue weighted by molar-refractivity contribution is -0.412. The maximum Gasteiger partial charge on any atom is 0.364 e. The van der Waals surface area contributed by atoms with Crippen LogP contribution in [0.5, 0.6) is 0 Å². The normalized spacial score (nSPS) is 52.4. The van der Waals surface area contributed by atoms with Crippen LogP contribution in [0, 0.1) is 0 Å². The van der Waals surface area contributed by atoms with Crippen molar-refractivity contribution >= 4 is 11.9 Å². The van der Waals surface area contributed by atoms with Gasteiger partial charge >= 0.3 is 11.9 Å². The van der Waals surface area contributed by atoms with Gasteiger partial charge in [0.25, 0.3) is 11.6 Å². The number of ether oxygens (including phenoxy) is 7. The highest BCUT2D eigenvalue weighted by Gasteiger charge is 2.58. The summed E-state index contributed by atoms with van der Waals surface area (Å²) in [6.45, 7) is 1.65. The molecule has 15 nitrogen and oxygen atoms in total. The number of hydrogen-bond donors (Lipinski definition) is 6. The number of carbonyl (C=O) groups is 2. The summed E-state index contributed by atoms with van der Waals surface area (Å²) in [6, 6.07) is 0. The molecule has 0 saturated carbocycles. The number of aliphatic carboxylic acids is 2. The minimum absolute atomic E-state index is 0.295. The summed E-state index contributed by atoms with van der Waals surface area (Å²) in [5, 5.41) is 60.6. The van der Waals surface area contributed by atoms with Gasteiger partial charge in [0.05, 0.1) is 13.2 Å². The molecule has 0 spiro atoms. The third kappa shape index (κ3) is 4.23. The van der Waals surface area contributed by atoms with E-state index in [0.29, 0.717) is 0 Å². The first-order valence-electron chi connectivity index (χ1n) is 10.2. The van der Waals surface area contributed by atoms with E-state index in [1.807, 2.05) is 0 Å². The maximum absolute atomic E-state index is 11.4. The van der Waals surface area contributed by atoms with Crippen LogP contribution in [-0.2, 0) is 42.7 Å². The zero-order valence-electron chi connectivity index (χ0n) is 17.5. The molecule has 0 aromatic carbocycles. The number of hydrogen-bond acceptors (Lipinski definition) is 13. The van der Waals surface area contributed by atoms with E-state index >= 15 is 0 Å². The first-order chi connectivity index (χ1) is 15.4. The number of rotatable bonds is 4. The molecule has 4 aliphatic rings. The van der Waals surface area contributed by atoms with Crippen molar-refractivity contribution < 1.29 is 73.4 Å². The number of fused-ring (bicyclic) bond motifs is 2. The average Bonchev–Trinajstić information content (AvgIpc) is 2.75. The Hall–Kier alpha value is -1.50. The second-order valence-electron chi connectivity index (χ2n) is 8.47. The molecule has 12 atom stereocenters. The molecule has 0 aromatic heterocycles. The van der Waals surface area contributed by atoms with Gasteiger partial charge in [-0.05, 0) is 0 Å². The monoisotopic (exact) mass is 482 g/mol. The number of carboxylic acid groups (broad SMARTS) is 2. The van der Waals surface area contributed by atoms with Gasteiger partial charge in [-0.3, -0.25) is 0 Å². The molecule has 0 aromatic rings. The van der Waals surface area contributed by atoms with Crippen molar-refractivity contribution in [2.24, 2.45) is 0 Å². The molecule has 4 fully saturated rings. The predicted octanol–water partition coefficient (Wildman–Crippen LogP) is -3.67. The van der Waals surface area contributed by atoms with E-state index in [4.69, 9.17) is 33.2 Å². The minimum Gasteiger partial charge on any atom is -0.477 e. The molecule has 188 valence electrons. The van der Waals surface area contributed by atoms with Crippen molar-refractivity contribution in [1.29, 1.82) is 0 Å². The Morgan fingerprint density at radius 3 is 1.79 bits per heavy atom. The maximum atomic E-state index is 11.4. The van der Waals surface area contributed by atoms with E-state index in [2.05, 4.69) is 0 Å². The minimum atomic E-state index is -2.07. The van der Waals surface area contributed by atoms with Gasteiger partial charge in [0.2, 0.25) is 0 Å². The van der Waals surface area contributed by atoms with E-state index in [9.17, 15) is 40.2 Å². The number of aliphatic hydroxyl groups excluding tert-OH is 4. The highest BCUT2D eigenvalue weighted by molar-refractivity contribution is 5.75. The van der Waals surface area contributed by atoms with Crippen LogP contribution in [0.3, 0.4) is 0 Å². The van der Waals surface area contributed by atoms with Gasteiger partial charge in [-0.1, -0.05) is 0 Å². The van der Waals surface area contributed by atoms with Crippen LogP contribution in [0.25, 0.3) is 0 Å². The van der Waals surface area contributed by atoms with Gasteiger partial charge in [-0.25, -0.2) is 9.59 Å². The van der Waals surface area contributed by atoms with Gasteiger partial charge in [0.15, 0.2) is 12.6 Å². The summed E-state index contributed by atoms with van der Waals surface area (Å²) in [4.78, 5) is 22.8. The SMILES string of the molecule is CC1(C(=O)O)OC[C@H]2O[C@H](O[C@H]3[C@@H](O)[C@@H]4OC(C)(C(=O)O)OC[C@H]4O[C@@H]3O)[C@@H](O)[C@@H](O)[C@@H]2O1. The smallest absolute Gasteiger partial charge is 0.364 e. The van der Waals surface area contributed by atoms with Crippen LogP contribution in [-0.4, -0.2) is 129 Å². The van der Waals surface area contributed by atoms with Crippen LogP contribution in [0.2, 0.25) is 0 Å². The summed E-state index contributed by atoms with van der Waals surface area (Å²) in [5.74, 6) is -7.01. The van der Waals surface area contributed by atoms with Crippen LogP contribution in [0.4, 0.5) is 0 Å². The van der Waals surface area contributed by atoms with Crippen molar-refractivity contribution in [1.82, 2.24) is 0 Å². The lowest BCUT2D eigenvalue weighted by Gasteiger charge is -2.51. The topological polar surface area (TPSA) is 220 Å². The summed E-state index contributed by atoms with van der Waals surface area (Å²) in [7, 11) is 0. The van der Waals surface area contributed by atoms with Crippen molar-refractivity contribution in [3.05, 3.63) is 0 Å². The van der Waals surface area contributed by atoms with Crippen molar-refractivity contribution in [3.63, 3.8) is 0 Å². The summed E-state index contributed by atoms with van der Waals surface area (Å²) < 4.78 is 37.3. The molecule has 2 unspecified atom stereocenters. The molecular formula is C18H26O15. The molecule has 4 saturated heterocycles. The first-order valence-corrected chi connectivity index (χ1v) is 10.2. The fourth-order valence-corrected chi connectivity index (χ4v) is 4.08. The molecular weight excluding hydrogens is 456 g/mol. The third-order valence-corrected chi connectivity index (χ3v) is 6.11. The quantitative estimate of drug-likeness (QED) is 0.227. The summed E-state index contributed by atoms with van der Waals surface area (Å²) in [6.07, 6.45) is -14.6. The van der Waals surface area contributed by atoms with Crippen molar-refractivity contribution in [3.8, 4) is 0 Å². The van der Waals surface area contributed by atoms with Crippen LogP contribution >= 0.6 is 0 Å². The Morgan fingerprint density at radius 2 is 1.27 bits per heavy atom. The highest BCUT2D eigenvalue weighted by Crippen LogP contribution is 2.37. The Bertz CT molecular complexity index is 776. The Kier molecular flexibility index (Phi) is 6.43. The molecule has 0 aliphatic carbocycles. The fraction of sp³-hybridized carbons (Fsp3) is 0.889. The molecule has 4 heterocycles. The van der Waals surface area contributed by atoms with E-state index in [-0.39, 0.29) is 13.2 Å². The zero-order valence-corrected chi connectivity index (χ0v) is 17.5. The van der Waals surface area contributed by atoms with Gasteiger partial charge in [0, 0.05) is 13.8 Å². The molecule has 0 radical (unpaired) electrons. The van der Waals surface area contributed by atoms with Gasteiger partial charge < -0.3 is 63.8 Å². The fourth-order valence-electron chi connectivity index (χ4n) is 4.08. The second-order valence-corrected chi connectivity index (χ2v) is 8.47. The number of aliphatic hydroxyl groups is 4. The molecule has 4 aliphatic heterocycles. The molecule has 0 amide bonds. The third-order valence-electron chi connectivity index (χ3n) is 6.11. The average molecular weight is 482 g/mol. The molecule has 6 N–H and O–H groups in total. The largest absolute Gasteiger partial charge is 0.477 e. The lowest BCUT2D eigenvalue weighted by Crippen LogP contribution is -2.69. The van der Waals surface area contributed by atoms with Crippen LogP contribution in [0.15, 0.2) is 0 Å². The van der Waals surface area contributed by atoms with Gasteiger partial charge in [-0.2, -0.15) is 0 Å². The lowest BCUT2D eigenvalue weighted by atomic mass is 9.95. The van der Waals surface area contributed by atoms with Gasteiger partial charge in [-0.15, -0.1) is 0 Å². The molecule has 4 rings (SSSR count). The number of carboxylic acids is 2. The molecule has 33 heavy (non-hydrogen) atoms. The van der Waals surface area contributed by atoms with Crippen LogP contribution < -0.4 is 0 Å².